The van der Waals surface area contributed by atoms with E-state index in [1.807, 2.05) is 18.2 Å². The molecule has 1 atom stereocenters. The minimum absolute atomic E-state index is 0.0338. The van der Waals surface area contributed by atoms with Crippen LogP contribution in [0.15, 0.2) is 42.5 Å². The van der Waals surface area contributed by atoms with E-state index in [4.69, 9.17) is 9.84 Å². The van der Waals surface area contributed by atoms with Gasteiger partial charge in [-0.1, -0.05) is 30.3 Å². The van der Waals surface area contributed by atoms with Crippen molar-refractivity contribution in [2.24, 2.45) is 0 Å². The van der Waals surface area contributed by atoms with Gasteiger partial charge in [0.1, 0.15) is 0 Å². The lowest BCUT2D eigenvalue weighted by Crippen LogP contribution is -2.45. The summed E-state index contributed by atoms with van der Waals surface area (Å²) in [6, 6.07) is 14.6. The van der Waals surface area contributed by atoms with Crippen LogP contribution in [0.1, 0.15) is 11.3 Å². The predicted octanol–water partition coefficient (Wildman–Crippen LogP) is 3.09. The standard InChI is InChI=1S/C17H19NO3S/c19-17(20)10-14-12-21-9-8-18(14)11-15-6-7-16(22-15)13-4-2-1-3-5-13/h1-7,14H,8-12H2,(H,19,20)/t14-/m0/s1. The summed E-state index contributed by atoms with van der Waals surface area (Å²) in [4.78, 5) is 15.7. The Labute approximate surface area is 134 Å². The molecule has 116 valence electrons. The van der Waals surface area contributed by atoms with E-state index in [1.54, 1.807) is 11.3 Å². The monoisotopic (exact) mass is 317 g/mol. The molecule has 1 aliphatic rings. The largest absolute Gasteiger partial charge is 0.481 e. The number of aliphatic carboxylic acids is 1. The molecule has 0 radical (unpaired) electrons. The van der Waals surface area contributed by atoms with Crippen molar-refractivity contribution in [3.05, 3.63) is 47.3 Å². The maximum absolute atomic E-state index is 11.0. The summed E-state index contributed by atoms with van der Waals surface area (Å²) >= 11 is 1.77. The third kappa shape index (κ3) is 3.74. The van der Waals surface area contributed by atoms with Gasteiger partial charge < -0.3 is 9.84 Å². The fourth-order valence-corrected chi connectivity index (χ4v) is 3.75. The summed E-state index contributed by atoms with van der Waals surface area (Å²) in [5, 5.41) is 9.02. The molecular weight excluding hydrogens is 298 g/mol. The molecule has 22 heavy (non-hydrogen) atoms. The minimum Gasteiger partial charge on any atom is -0.481 e. The molecule has 1 aliphatic heterocycles. The van der Waals surface area contributed by atoms with Gasteiger partial charge in [0.2, 0.25) is 0 Å². The number of rotatable bonds is 5. The second-order valence-corrected chi connectivity index (χ2v) is 6.60. The zero-order valence-electron chi connectivity index (χ0n) is 12.3. The van der Waals surface area contributed by atoms with Crippen LogP contribution < -0.4 is 0 Å². The van der Waals surface area contributed by atoms with Gasteiger partial charge in [0.05, 0.1) is 19.6 Å². The highest BCUT2D eigenvalue weighted by Crippen LogP contribution is 2.29. The van der Waals surface area contributed by atoms with Gasteiger partial charge in [0, 0.05) is 28.9 Å². The van der Waals surface area contributed by atoms with E-state index < -0.39 is 5.97 Å². The first kappa shape index (κ1) is 15.2. The molecule has 2 aromatic rings. The van der Waals surface area contributed by atoms with Crippen LogP contribution in [0.3, 0.4) is 0 Å². The van der Waals surface area contributed by atoms with Crippen LogP contribution in [0.4, 0.5) is 0 Å². The molecule has 0 amide bonds. The molecule has 1 fully saturated rings. The van der Waals surface area contributed by atoms with E-state index in [-0.39, 0.29) is 12.5 Å². The Morgan fingerprint density at radius 1 is 1.27 bits per heavy atom. The number of nitrogens with zero attached hydrogens (tertiary/aromatic N) is 1. The molecule has 3 rings (SSSR count). The fourth-order valence-electron chi connectivity index (χ4n) is 2.71. The third-order valence-corrected chi connectivity index (χ3v) is 4.96. The van der Waals surface area contributed by atoms with Crippen molar-refractivity contribution in [1.29, 1.82) is 0 Å². The molecule has 0 unspecified atom stereocenters. The molecule has 1 saturated heterocycles. The van der Waals surface area contributed by atoms with Crippen LogP contribution in [0, 0.1) is 0 Å². The number of hydrogen-bond acceptors (Lipinski definition) is 4. The number of carbonyl (C=O) groups is 1. The van der Waals surface area contributed by atoms with Crippen LogP contribution in [0.5, 0.6) is 0 Å². The second kappa shape index (κ2) is 7.05. The molecule has 0 bridgehead atoms. The normalized spacial score (nSPS) is 19.2. The zero-order chi connectivity index (χ0) is 15.4. The lowest BCUT2D eigenvalue weighted by Gasteiger charge is -2.34. The molecule has 2 heterocycles. The molecule has 5 heteroatoms. The van der Waals surface area contributed by atoms with E-state index in [0.717, 1.165) is 13.1 Å². The highest BCUT2D eigenvalue weighted by Gasteiger charge is 2.25. The molecular formula is C17H19NO3S. The number of hydrogen-bond donors (Lipinski definition) is 1. The molecule has 4 nitrogen and oxygen atoms in total. The predicted molar refractivity (Wildman–Crippen MR) is 87.0 cm³/mol. The third-order valence-electron chi connectivity index (χ3n) is 3.84. The van der Waals surface area contributed by atoms with Gasteiger partial charge in [-0.05, 0) is 17.7 Å². The van der Waals surface area contributed by atoms with Crippen molar-refractivity contribution < 1.29 is 14.6 Å². The topological polar surface area (TPSA) is 49.8 Å². The quantitative estimate of drug-likeness (QED) is 0.920. The van der Waals surface area contributed by atoms with Gasteiger partial charge in [-0.15, -0.1) is 11.3 Å². The lowest BCUT2D eigenvalue weighted by molar-refractivity contribution is -0.140. The minimum atomic E-state index is -0.767. The fraction of sp³-hybridized carbons (Fsp3) is 0.353. The average Bonchev–Trinajstić information content (AvgIpc) is 2.98. The molecule has 1 aromatic heterocycles. The molecule has 0 spiro atoms. The van der Waals surface area contributed by atoms with E-state index in [1.165, 1.54) is 15.3 Å². The Balaban J connectivity index is 1.69. The van der Waals surface area contributed by atoms with E-state index in [2.05, 4.69) is 29.2 Å². The van der Waals surface area contributed by atoms with Gasteiger partial charge in [-0.25, -0.2) is 0 Å². The van der Waals surface area contributed by atoms with Crippen molar-refractivity contribution in [1.82, 2.24) is 4.90 Å². The van der Waals surface area contributed by atoms with Crippen molar-refractivity contribution in [3.63, 3.8) is 0 Å². The van der Waals surface area contributed by atoms with Crippen LogP contribution in [0.2, 0.25) is 0 Å². The molecule has 0 aliphatic carbocycles. The number of thiophene rings is 1. The summed E-state index contributed by atoms with van der Waals surface area (Å²) in [6.45, 7) is 2.76. The highest BCUT2D eigenvalue weighted by atomic mass is 32.1. The van der Waals surface area contributed by atoms with E-state index in [9.17, 15) is 4.79 Å². The van der Waals surface area contributed by atoms with Gasteiger partial charge in [-0.3, -0.25) is 9.69 Å². The second-order valence-electron chi connectivity index (χ2n) is 5.43. The number of morpholine rings is 1. The Morgan fingerprint density at radius 2 is 2.09 bits per heavy atom. The summed E-state index contributed by atoms with van der Waals surface area (Å²) in [5.41, 5.74) is 1.22. The van der Waals surface area contributed by atoms with Gasteiger partial charge >= 0.3 is 5.97 Å². The van der Waals surface area contributed by atoms with Crippen LogP contribution in [-0.4, -0.2) is 41.8 Å². The number of carboxylic acid groups (broad SMARTS) is 1. The summed E-state index contributed by atoms with van der Waals surface area (Å²) in [6.07, 6.45) is 0.136. The Bertz CT molecular complexity index is 626. The first-order valence-electron chi connectivity index (χ1n) is 7.40. The lowest BCUT2D eigenvalue weighted by atomic mass is 10.1. The Morgan fingerprint density at radius 3 is 2.86 bits per heavy atom. The van der Waals surface area contributed by atoms with Crippen molar-refractivity contribution in [3.8, 4) is 10.4 Å². The zero-order valence-corrected chi connectivity index (χ0v) is 13.1. The van der Waals surface area contributed by atoms with Crippen molar-refractivity contribution in [2.45, 2.75) is 19.0 Å². The molecule has 1 aromatic carbocycles. The van der Waals surface area contributed by atoms with Crippen molar-refractivity contribution >= 4 is 17.3 Å². The van der Waals surface area contributed by atoms with Gasteiger partial charge in [-0.2, -0.15) is 0 Å². The van der Waals surface area contributed by atoms with E-state index >= 15 is 0 Å². The first-order valence-corrected chi connectivity index (χ1v) is 8.22. The first-order chi connectivity index (χ1) is 10.7. The number of carboxylic acids is 1. The Hall–Kier alpha value is -1.69. The summed E-state index contributed by atoms with van der Waals surface area (Å²) < 4.78 is 5.42. The number of ether oxygens (including phenoxy) is 1. The van der Waals surface area contributed by atoms with Crippen LogP contribution in [0.25, 0.3) is 10.4 Å². The van der Waals surface area contributed by atoms with E-state index in [0.29, 0.717) is 13.2 Å². The maximum atomic E-state index is 11.0. The Kier molecular flexibility index (Phi) is 4.87. The summed E-state index contributed by atoms with van der Waals surface area (Å²) in [5.74, 6) is -0.767. The van der Waals surface area contributed by atoms with Crippen LogP contribution in [-0.2, 0) is 16.1 Å². The van der Waals surface area contributed by atoms with Crippen molar-refractivity contribution in [2.75, 3.05) is 19.8 Å². The molecule has 1 N–H and O–H groups in total. The SMILES string of the molecule is O=C(O)C[C@H]1COCCN1Cc1ccc(-c2ccccc2)s1. The molecule has 0 saturated carbocycles. The number of benzene rings is 1. The average molecular weight is 317 g/mol. The smallest absolute Gasteiger partial charge is 0.305 e. The summed E-state index contributed by atoms with van der Waals surface area (Å²) in [7, 11) is 0. The van der Waals surface area contributed by atoms with Gasteiger partial charge in [0.15, 0.2) is 0 Å². The van der Waals surface area contributed by atoms with Crippen LogP contribution >= 0.6 is 11.3 Å². The van der Waals surface area contributed by atoms with Gasteiger partial charge in [0.25, 0.3) is 0 Å². The maximum Gasteiger partial charge on any atom is 0.305 e. The highest BCUT2D eigenvalue weighted by molar-refractivity contribution is 7.15.